The van der Waals surface area contributed by atoms with E-state index in [4.69, 9.17) is 16.0 Å². The Balaban J connectivity index is 1.47. The van der Waals surface area contributed by atoms with Gasteiger partial charge in [0.15, 0.2) is 5.16 Å². The number of hydrogen-bond donors (Lipinski definition) is 0. The average Bonchev–Trinajstić information content (AvgIpc) is 3.55. The van der Waals surface area contributed by atoms with Gasteiger partial charge in [0.1, 0.15) is 0 Å². The zero-order chi connectivity index (χ0) is 21.2. The fourth-order valence-electron chi connectivity index (χ4n) is 3.61. The third-order valence-corrected chi connectivity index (χ3v) is 6.54. The van der Waals surface area contributed by atoms with Gasteiger partial charge in [-0.25, -0.2) is 0 Å². The average molecular weight is 453 g/mol. The second-order valence-electron chi connectivity index (χ2n) is 7.34. The number of benzene rings is 2. The van der Waals surface area contributed by atoms with E-state index < -0.39 is 0 Å². The molecule has 0 radical (unpaired) electrons. The summed E-state index contributed by atoms with van der Waals surface area (Å²) in [4.78, 5) is 2.26. The first-order chi connectivity index (χ1) is 15.2. The molecule has 2 aromatic carbocycles. The molecule has 0 bridgehead atoms. The zero-order valence-electron chi connectivity index (χ0n) is 17.0. The van der Waals surface area contributed by atoms with Crippen molar-refractivity contribution in [2.45, 2.75) is 30.2 Å². The van der Waals surface area contributed by atoms with Gasteiger partial charge in [0, 0.05) is 18.7 Å². The first-order valence-corrected chi connectivity index (χ1v) is 11.5. The largest absolute Gasteiger partial charge is 0.419 e. The topological polar surface area (TPSA) is 72.9 Å². The highest BCUT2D eigenvalue weighted by Crippen LogP contribution is 2.38. The number of hydrogen-bond acceptors (Lipinski definition) is 7. The van der Waals surface area contributed by atoms with Crippen molar-refractivity contribution in [2.75, 3.05) is 18.0 Å². The van der Waals surface area contributed by atoms with Crippen LogP contribution < -0.4 is 4.90 Å². The summed E-state index contributed by atoms with van der Waals surface area (Å²) in [7, 11) is 0. The Morgan fingerprint density at radius 2 is 1.68 bits per heavy atom. The summed E-state index contributed by atoms with van der Waals surface area (Å²) in [6, 6.07) is 17.5. The van der Waals surface area contributed by atoms with Crippen LogP contribution in [0.3, 0.4) is 0 Å². The molecule has 5 rings (SSSR count). The van der Waals surface area contributed by atoms with Crippen molar-refractivity contribution in [3.8, 4) is 17.1 Å². The number of anilines is 1. The summed E-state index contributed by atoms with van der Waals surface area (Å²) in [6.45, 7) is 3.95. The van der Waals surface area contributed by atoms with Crippen LogP contribution in [0.1, 0.15) is 30.9 Å². The molecule has 2 aromatic heterocycles. The molecule has 1 saturated heterocycles. The number of nitrogens with zero attached hydrogens (tertiary/aromatic N) is 6. The summed E-state index contributed by atoms with van der Waals surface area (Å²) in [5, 5.41) is 18.8. The monoisotopic (exact) mass is 452 g/mol. The Hall–Kier alpha value is -2.84. The molecule has 0 spiro atoms. The van der Waals surface area contributed by atoms with Crippen molar-refractivity contribution in [3.05, 3.63) is 65.5 Å². The van der Waals surface area contributed by atoms with E-state index in [-0.39, 0.29) is 5.25 Å². The summed E-state index contributed by atoms with van der Waals surface area (Å²) in [5.41, 5.74) is 1.76. The van der Waals surface area contributed by atoms with E-state index in [1.165, 1.54) is 11.8 Å². The lowest BCUT2D eigenvalue weighted by Gasteiger charge is -2.19. The minimum atomic E-state index is -0.109. The lowest BCUT2D eigenvalue weighted by atomic mass is 10.2. The van der Waals surface area contributed by atoms with E-state index in [1.807, 2.05) is 66.1 Å². The molecule has 1 unspecified atom stereocenters. The molecule has 7 nitrogen and oxygen atoms in total. The third kappa shape index (κ3) is 4.05. The summed E-state index contributed by atoms with van der Waals surface area (Å²) in [5.74, 6) is 1.87. The molecule has 0 amide bonds. The van der Waals surface area contributed by atoms with Gasteiger partial charge in [0.2, 0.25) is 17.7 Å². The molecule has 4 aromatic rings. The molecule has 1 aliphatic rings. The van der Waals surface area contributed by atoms with Crippen molar-refractivity contribution >= 4 is 29.3 Å². The third-order valence-electron chi connectivity index (χ3n) is 5.19. The highest BCUT2D eigenvalue weighted by Gasteiger charge is 2.26. The van der Waals surface area contributed by atoms with Crippen LogP contribution in [-0.2, 0) is 0 Å². The number of para-hydroxylation sites is 1. The molecule has 1 atom stereocenters. The van der Waals surface area contributed by atoms with Crippen molar-refractivity contribution in [1.82, 2.24) is 25.0 Å². The van der Waals surface area contributed by atoms with E-state index in [9.17, 15) is 0 Å². The van der Waals surface area contributed by atoms with Gasteiger partial charge in [-0.05, 0) is 44.0 Å². The second-order valence-corrected chi connectivity index (χ2v) is 9.05. The lowest BCUT2D eigenvalue weighted by Crippen LogP contribution is -2.22. The predicted molar refractivity (Wildman–Crippen MR) is 122 cm³/mol. The van der Waals surface area contributed by atoms with Gasteiger partial charge in [-0.1, -0.05) is 53.7 Å². The maximum absolute atomic E-state index is 6.55. The van der Waals surface area contributed by atoms with E-state index in [2.05, 4.69) is 25.3 Å². The van der Waals surface area contributed by atoms with Gasteiger partial charge in [0.25, 0.3) is 0 Å². The zero-order valence-corrected chi connectivity index (χ0v) is 18.6. The minimum Gasteiger partial charge on any atom is -0.419 e. The van der Waals surface area contributed by atoms with Crippen LogP contribution in [-0.4, -0.2) is 38.1 Å². The molecular weight excluding hydrogens is 432 g/mol. The predicted octanol–water partition coefficient (Wildman–Crippen LogP) is 5.42. The summed E-state index contributed by atoms with van der Waals surface area (Å²) >= 11 is 8.07. The Morgan fingerprint density at radius 3 is 2.45 bits per heavy atom. The Morgan fingerprint density at radius 1 is 0.935 bits per heavy atom. The lowest BCUT2D eigenvalue weighted by molar-refractivity contribution is 0.509. The van der Waals surface area contributed by atoms with Crippen LogP contribution in [0, 0.1) is 0 Å². The smallest absolute Gasteiger partial charge is 0.247 e. The Labute approximate surface area is 189 Å². The highest BCUT2D eigenvalue weighted by atomic mass is 35.5. The minimum absolute atomic E-state index is 0.109. The van der Waals surface area contributed by atoms with E-state index in [0.717, 1.165) is 48.3 Å². The normalized spacial score (nSPS) is 14.8. The first-order valence-electron chi connectivity index (χ1n) is 10.2. The maximum Gasteiger partial charge on any atom is 0.247 e. The van der Waals surface area contributed by atoms with Crippen molar-refractivity contribution in [2.24, 2.45) is 0 Å². The quantitative estimate of drug-likeness (QED) is 0.361. The van der Waals surface area contributed by atoms with Crippen molar-refractivity contribution in [1.29, 1.82) is 0 Å². The van der Waals surface area contributed by atoms with Crippen molar-refractivity contribution < 1.29 is 4.42 Å². The first kappa shape index (κ1) is 20.1. The van der Waals surface area contributed by atoms with Gasteiger partial charge >= 0.3 is 0 Å². The van der Waals surface area contributed by atoms with E-state index in [0.29, 0.717) is 16.8 Å². The molecule has 0 aliphatic carbocycles. The molecular formula is C22H21ClN6OS. The van der Waals surface area contributed by atoms with Crippen LogP contribution in [0.15, 0.2) is 64.2 Å². The Kier molecular flexibility index (Phi) is 5.65. The molecule has 9 heteroatoms. The number of thioether (sulfide) groups is 1. The fourth-order valence-corrected chi connectivity index (χ4v) is 4.72. The molecule has 1 aliphatic heterocycles. The van der Waals surface area contributed by atoms with Crippen LogP contribution in [0.25, 0.3) is 17.1 Å². The van der Waals surface area contributed by atoms with Gasteiger partial charge < -0.3 is 9.32 Å². The standard InChI is InChI=1S/C22H21ClN6OS/c1-15(19-24-25-20(30-19)16-9-3-2-4-10-16)31-22-27-26-21(28-13-7-8-14-28)29(22)18-12-6-5-11-17(18)23/h2-6,9-12,15H,7-8,13-14H2,1H3. The second kappa shape index (κ2) is 8.72. The molecule has 0 N–H and O–H groups in total. The van der Waals surface area contributed by atoms with Gasteiger partial charge in [0.05, 0.1) is 16.0 Å². The molecule has 158 valence electrons. The molecule has 1 fully saturated rings. The summed E-state index contributed by atoms with van der Waals surface area (Å²) < 4.78 is 7.97. The highest BCUT2D eigenvalue weighted by molar-refractivity contribution is 7.99. The van der Waals surface area contributed by atoms with Gasteiger partial charge in [-0.2, -0.15) is 0 Å². The van der Waals surface area contributed by atoms with Crippen LogP contribution in [0.2, 0.25) is 5.02 Å². The fraction of sp³-hybridized carbons (Fsp3) is 0.273. The maximum atomic E-state index is 6.55. The van der Waals surface area contributed by atoms with Gasteiger partial charge in [-0.15, -0.1) is 20.4 Å². The Bertz CT molecular complexity index is 1170. The van der Waals surface area contributed by atoms with E-state index in [1.54, 1.807) is 0 Å². The van der Waals surface area contributed by atoms with Crippen LogP contribution >= 0.6 is 23.4 Å². The SMILES string of the molecule is CC(Sc1nnc(N2CCCC2)n1-c1ccccc1Cl)c1nnc(-c2ccccc2)o1. The number of halogens is 1. The summed E-state index contributed by atoms with van der Waals surface area (Å²) in [6.07, 6.45) is 2.30. The molecule has 31 heavy (non-hydrogen) atoms. The van der Waals surface area contributed by atoms with Crippen molar-refractivity contribution in [3.63, 3.8) is 0 Å². The molecule has 3 heterocycles. The number of aromatic nitrogens is 5. The van der Waals surface area contributed by atoms with Gasteiger partial charge in [-0.3, -0.25) is 4.57 Å². The van der Waals surface area contributed by atoms with E-state index >= 15 is 0 Å². The number of rotatable bonds is 6. The van der Waals surface area contributed by atoms with Crippen LogP contribution in [0.5, 0.6) is 0 Å². The van der Waals surface area contributed by atoms with Crippen LogP contribution in [0.4, 0.5) is 5.95 Å². The molecule has 0 saturated carbocycles.